The summed E-state index contributed by atoms with van der Waals surface area (Å²) in [6, 6.07) is 10.6. The molecule has 3 aromatic heterocycles. The van der Waals surface area contributed by atoms with E-state index >= 15 is 0 Å². The molecule has 6 nitrogen and oxygen atoms in total. The summed E-state index contributed by atoms with van der Waals surface area (Å²) in [5.41, 5.74) is 2.26. The molecule has 1 aromatic carbocycles. The SMILES string of the molecule is c1ccc2c(c1)sc1c(Nc3cc(C4CC4)[nH]n3)nc(N3CCCC3)nc12. The van der Waals surface area contributed by atoms with Crippen LogP contribution in [0.4, 0.5) is 17.6 Å². The second-order valence-corrected chi connectivity index (χ2v) is 8.50. The molecule has 1 saturated carbocycles. The second kappa shape index (κ2) is 5.92. The number of H-pyrrole nitrogens is 1. The molecular weight excluding hydrogens is 356 g/mol. The Kier molecular flexibility index (Phi) is 3.38. The minimum atomic E-state index is 0.656. The second-order valence-electron chi connectivity index (χ2n) is 7.45. The Bertz CT molecular complexity index is 1140. The third-order valence-electron chi connectivity index (χ3n) is 5.46. The van der Waals surface area contributed by atoms with Crippen molar-refractivity contribution in [3.63, 3.8) is 0 Å². The predicted octanol–water partition coefficient (Wildman–Crippen LogP) is 4.79. The van der Waals surface area contributed by atoms with E-state index in [1.54, 1.807) is 11.3 Å². The highest BCUT2D eigenvalue weighted by Crippen LogP contribution is 2.41. The molecule has 1 saturated heterocycles. The van der Waals surface area contributed by atoms with E-state index in [4.69, 9.17) is 9.97 Å². The third-order valence-corrected chi connectivity index (χ3v) is 6.62. The maximum Gasteiger partial charge on any atom is 0.227 e. The molecule has 0 spiro atoms. The van der Waals surface area contributed by atoms with E-state index in [0.29, 0.717) is 5.92 Å². The Morgan fingerprint density at radius 2 is 1.96 bits per heavy atom. The summed E-state index contributed by atoms with van der Waals surface area (Å²) in [4.78, 5) is 12.1. The maximum absolute atomic E-state index is 4.95. The number of nitrogens with one attached hydrogen (secondary N) is 2. The standard InChI is InChI=1S/C20H20N6S/c1-2-6-15-13(5-1)17-18(27-15)19(23-20(22-17)26-9-3-4-10-26)21-16-11-14(24-25-16)12-7-8-12/h1-2,5-6,11-12H,3-4,7-10H2,(H2,21,22,23,24,25). The summed E-state index contributed by atoms with van der Waals surface area (Å²) in [5.74, 6) is 3.17. The van der Waals surface area contributed by atoms with E-state index in [0.717, 1.165) is 40.9 Å². The lowest BCUT2D eigenvalue weighted by Crippen LogP contribution is -2.20. The molecular formula is C20H20N6S. The molecule has 6 rings (SSSR count). The number of nitrogens with zero attached hydrogens (tertiary/aromatic N) is 4. The van der Waals surface area contributed by atoms with Gasteiger partial charge in [-0.25, -0.2) is 4.98 Å². The van der Waals surface area contributed by atoms with Gasteiger partial charge in [-0.15, -0.1) is 11.3 Å². The average Bonchev–Trinajstić information content (AvgIpc) is 3.11. The Morgan fingerprint density at radius 1 is 1.11 bits per heavy atom. The molecule has 7 heteroatoms. The number of aromatic amines is 1. The van der Waals surface area contributed by atoms with Crippen LogP contribution in [0.5, 0.6) is 0 Å². The van der Waals surface area contributed by atoms with Gasteiger partial charge >= 0.3 is 0 Å². The minimum absolute atomic E-state index is 0.656. The average molecular weight is 376 g/mol. The Balaban J connectivity index is 1.49. The van der Waals surface area contributed by atoms with Crippen LogP contribution < -0.4 is 10.2 Å². The normalized spacial score (nSPS) is 17.3. The fourth-order valence-electron chi connectivity index (χ4n) is 3.85. The van der Waals surface area contributed by atoms with Gasteiger partial charge in [-0.2, -0.15) is 10.1 Å². The van der Waals surface area contributed by atoms with Crippen molar-refractivity contribution in [1.82, 2.24) is 20.2 Å². The van der Waals surface area contributed by atoms with E-state index in [2.05, 4.69) is 50.7 Å². The van der Waals surface area contributed by atoms with Gasteiger partial charge < -0.3 is 10.2 Å². The molecule has 2 fully saturated rings. The quantitative estimate of drug-likeness (QED) is 0.536. The van der Waals surface area contributed by atoms with Crippen molar-refractivity contribution in [1.29, 1.82) is 0 Å². The number of hydrogen-bond acceptors (Lipinski definition) is 6. The molecule has 4 heterocycles. The number of rotatable bonds is 4. The van der Waals surface area contributed by atoms with Crippen LogP contribution in [0.2, 0.25) is 0 Å². The molecule has 1 aliphatic heterocycles. The highest BCUT2D eigenvalue weighted by molar-refractivity contribution is 7.26. The summed E-state index contributed by atoms with van der Waals surface area (Å²) >= 11 is 1.74. The van der Waals surface area contributed by atoms with Crippen molar-refractivity contribution in [2.75, 3.05) is 23.3 Å². The summed E-state index contributed by atoms with van der Waals surface area (Å²) in [6.45, 7) is 2.06. The first-order valence-corrected chi connectivity index (χ1v) is 10.4. The molecule has 4 aromatic rings. The first-order valence-electron chi connectivity index (χ1n) is 9.62. The summed E-state index contributed by atoms with van der Waals surface area (Å²) in [7, 11) is 0. The zero-order valence-electron chi connectivity index (χ0n) is 14.9. The van der Waals surface area contributed by atoms with E-state index in [1.165, 1.54) is 41.5 Å². The zero-order valence-corrected chi connectivity index (χ0v) is 15.7. The number of benzene rings is 1. The van der Waals surface area contributed by atoms with E-state index < -0.39 is 0 Å². The van der Waals surface area contributed by atoms with Crippen LogP contribution in [0.1, 0.15) is 37.3 Å². The molecule has 2 N–H and O–H groups in total. The molecule has 1 aliphatic carbocycles. The van der Waals surface area contributed by atoms with Gasteiger partial charge in [-0.05, 0) is 31.7 Å². The summed E-state index contributed by atoms with van der Waals surface area (Å²) < 4.78 is 2.33. The Hall–Kier alpha value is -2.67. The van der Waals surface area contributed by atoms with Crippen LogP contribution in [-0.4, -0.2) is 33.3 Å². The van der Waals surface area contributed by atoms with Crippen LogP contribution in [0, 0.1) is 0 Å². The van der Waals surface area contributed by atoms with E-state index in [1.807, 2.05) is 0 Å². The van der Waals surface area contributed by atoms with Gasteiger partial charge in [0.15, 0.2) is 11.6 Å². The predicted molar refractivity (Wildman–Crippen MR) is 110 cm³/mol. The van der Waals surface area contributed by atoms with E-state index in [-0.39, 0.29) is 0 Å². The topological polar surface area (TPSA) is 69.7 Å². The molecule has 0 bridgehead atoms. The smallest absolute Gasteiger partial charge is 0.227 e. The van der Waals surface area contributed by atoms with Crippen LogP contribution >= 0.6 is 11.3 Å². The van der Waals surface area contributed by atoms with E-state index in [9.17, 15) is 0 Å². The van der Waals surface area contributed by atoms with Gasteiger partial charge in [0.05, 0.1) is 10.2 Å². The summed E-state index contributed by atoms with van der Waals surface area (Å²) in [5, 5.41) is 12.3. The fourth-order valence-corrected chi connectivity index (χ4v) is 4.93. The van der Waals surface area contributed by atoms with Crippen molar-refractivity contribution in [2.24, 2.45) is 0 Å². The highest BCUT2D eigenvalue weighted by Gasteiger charge is 2.26. The summed E-state index contributed by atoms with van der Waals surface area (Å²) in [6.07, 6.45) is 4.93. The monoisotopic (exact) mass is 376 g/mol. The fraction of sp³-hybridized carbons (Fsp3) is 0.350. The van der Waals surface area contributed by atoms with Gasteiger partial charge in [0.2, 0.25) is 5.95 Å². The number of hydrogen-bond donors (Lipinski definition) is 2. The molecule has 2 aliphatic rings. The molecule has 0 radical (unpaired) electrons. The van der Waals surface area contributed by atoms with Crippen molar-refractivity contribution in [3.8, 4) is 0 Å². The molecule has 0 unspecified atom stereocenters. The lowest BCUT2D eigenvalue weighted by Gasteiger charge is -2.16. The largest absolute Gasteiger partial charge is 0.341 e. The van der Waals surface area contributed by atoms with Gasteiger partial charge in [-0.1, -0.05) is 18.2 Å². The first-order chi connectivity index (χ1) is 13.3. The number of anilines is 3. The first kappa shape index (κ1) is 15.4. The van der Waals surface area contributed by atoms with Gasteiger partial charge in [0.25, 0.3) is 0 Å². The molecule has 27 heavy (non-hydrogen) atoms. The molecule has 136 valence electrons. The molecule has 0 atom stereocenters. The van der Waals surface area contributed by atoms with Crippen molar-refractivity contribution in [2.45, 2.75) is 31.6 Å². The van der Waals surface area contributed by atoms with Crippen molar-refractivity contribution >= 4 is 49.2 Å². The lowest BCUT2D eigenvalue weighted by molar-refractivity contribution is 0.909. The number of aromatic nitrogens is 4. The Morgan fingerprint density at radius 3 is 2.81 bits per heavy atom. The number of thiophene rings is 1. The van der Waals surface area contributed by atoms with Gasteiger partial charge in [0.1, 0.15) is 0 Å². The van der Waals surface area contributed by atoms with Crippen molar-refractivity contribution < 1.29 is 0 Å². The van der Waals surface area contributed by atoms with Gasteiger partial charge in [0, 0.05) is 40.9 Å². The third kappa shape index (κ3) is 2.65. The Labute approximate surface area is 160 Å². The molecule has 0 amide bonds. The van der Waals surface area contributed by atoms with Crippen LogP contribution in [0.25, 0.3) is 20.3 Å². The lowest BCUT2D eigenvalue weighted by atomic mass is 10.2. The van der Waals surface area contributed by atoms with Crippen LogP contribution in [0.3, 0.4) is 0 Å². The zero-order chi connectivity index (χ0) is 17.8. The maximum atomic E-state index is 4.95. The van der Waals surface area contributed by atoms with Crippen molar-refractivity contribution in [3.05, 3.63) is 36.0 Å². The number of fused-ring (bicyclic) bond motifs is 3. The minimum Gasteiger partial charge on any atom is -0.341 e. The van der Waals surface area contributed by atoms with Gasteiger partial charge in [-0.3, -0.25) is 5.10 Å². The highest BCUT2D eigenvalue weighted by atomic mass is 32.1. The van der Waals surface area contributed by atoms with Crippen LogP contribution in [0.15, 0.2) is 30.3 Å². The van der Waals surface area contributed by atoms with Crippen LogP contribution in [-0.2, 0) is 0 Å².